The van der Waals surface area contributed by atoms with Crippen LogP contribution < -0.4 is 0 Å². The third-order valence-electron chi connectivity index (χ3n) is 3.58. The van der Waals surface area contributed by atoms with Gasteiger partial charge >= 0.3 is 5.97 Å². The van der Waals surface area contributed by atoms with Gasteiger partial charge in [-0.1, -0.05) is 17.8 Å². The summed E-state index contributed by atoms with van der Waals surface area (Å²) in [6.07, 6.45) is 0.237. The number of hydrogen-bond acceptors (Lipinski definition) is 6. The van der Waals surface area contributed by atoms with Gasteiger partial charge < -0.3 is 4.74 Å². The van der Waals surface area contributed by atoms with Gasteiger partial charge in [0.15, 0.2) is 5.17 Å². The van der Waals surface area contributed by atoms with Gasteiger partial charge in [0.05, 0.1) is 17.4 Å². The second-order valence-electron chi connectivity index (χ2n) is 5.63. The molecule has 7 heteroatoms. The lowest BCUT2D eigenvalue weighted by Crippen LogP contribution is -2.45. The fourth-order valence-corrected chi connectivity index (χ4v) is 4.48. The van der Waals surface area contributed by atoms with E-state index in [-0.39, 0.29) is 12.0 Å². The van der Waals surface area contributed by atoms with Crippen LogP contribution in [0.15, 0.2) is 33.8 Å². The Morgan fingerprint density at radius 1 is 1.48 bits per heavy atom. The topological polar surface area (TPSA) is 59.0 Å². The Morgan fingerprint density at radius 2 is 2.26 bits per heavy atom. The highest BCUT2D eigenvalue weighted by Gasteiger charge is 2.42. The molecule has 1 amide bonds. The molecule has 3 heterocycles. The number of carbonyl (C=O) groups excluding carboxylic acids is 2. The van der Waals surface area contributed by atoms with Crippen molar-refractivity contribution in [2.75, 3.05) is 5.75 Å². The van der Waals surface area contributed by atoms with Gasteiger partial charge in [-0.05, 0) is 32.2 Å². The van der Waals surface area contributed by atoms with E-state index in [0.29, 0.717) is 22.9 Å². The minimum absolute atomic E-state index is 0.00301. The number of allylic oxidation sites excluding steroid dienone is 1. The van der Waals surface area contributed by atoms with E-state index in [0.717, 1.165) is 10.6 Å². The molecule has 5 nitrogen and oxygen atoms in total. The maximum Gasteiger partial charge on any atom is 0.338 e. The molecule has 0 N–H and O–H groups in total. The molecule has 0 spiro atoms. The number of ether oxygens (including phenoxy) is 1. The first-order chi connectivity index (χ1) is 11.0. The summed E-state index contributed by atoms with van der Waals surface area (Å²) in [7, 11) is 0. The lowest BCUT2D eigenvalue weighted by molar-refractivity contribution is -0.143. The van der Waals surface area contributed by atoms with E-state index in [2.05, 4.69) is 4.99 Å². The van der Waals surface area contributed by atoms with Crippen molar-refractivity contribution in [1.82, 2.24) is 4.90 Å². The van der Waals surface area contributed by atoms with Crippen molar-refractivity contribution < 1.29 is 14.3 Å². The molecule has 1 fully saturated rings. The van der Waals surface area contributed by atoms with Crippen molar-refractivity contribution >= 4 is 40.1 Å². The average Bonchev–Trinajstić information content (AvgIpc) is 2.99. The molecule has 122 valence electrons. The van der Waals surface area contributed by atoms with Crippen LogP contribution in [-0.2, 0) is 14.3 Å². The van der Waals surface area contributed by atoms with E-state index in [1.54, 1.807) is 16.7 Å². The number of thiophene rings is 1. The summed E-state index contributed by atoms with van der Waals surface area (Å²) in [4.78, 5) is 32.2. The monoisotopic (exact) mass is 350 g/mol. The lowest BCUT2D eigenvalue weighted by atomic mass is 10.00. The summed E-state index contributed by atoms with van der Waals surface area (Å²) in [5, 5.41) is 2.63. The van der Waals surface area contributed by atoms with Crippen molar-refractivity contribution in [3.63, 3.8) is 0 Å². The molecular weight excluding hydrogens is 332 g/mol. The van der Waals surface area contributed by atoms with Crippen LogP contribution in [0, 0.1) is 0 Å². The fraction of sp³-hybridized carbons (Fsp3) is 0.438. The van der Waals surface area contributed by atoms with E-state index in [9.17, 15) is 9.59 Å². The summed E-state index contributed by atoms with van der Waals surface area (Å²) in [5.74, 6) is 0.329. The van der Waals surface area contributed by atoms with Crippen LogP contribution in [0.4, 0.5) is 0 Å². The zero-order chi connectivity index (χ0) is 16.6. The number of amides is 1. The standard InChI is InChI=1S/C16H18N2O3S2/c1-9(2)21-15(20)13-10(3)17-16-18(12(19)6-8-23-16)14(13)11-5-4-7-22-11/h4-5,7,9,14H,6,8H2,1-3H3/t14-/m0/s1. The summed E-state index contributed by atoms with van der Waals surface area (Å²) < 4.78 is 5.40. The SMILES string of the molecule is CC1=C(C(=O)OC(C)C)[C@H](c2cccs2)N2C(=O)CCSC2=N1. The van der Waals surface area contributed by atoms with E-state index in [4.69, 9.17) is 4.74 Å². The number of esters is 1. The average molecular weight is 350 g/mol. The van der Waals surface area contributed by atoms with Crippen molar-refractivity contribution in [3.05, 3.63) is 33.7 Å². The van der Waals surface area contributed by atoms with Gasteiger partial charge in [0, 0.05) is 17.1 Å². The normalized spacial score (nSPS) is 21.4. The smallest absolute Gasteiger partial charge is 0.338 e. The van der Waals surface area contributed by atoms with E-state index >= 15 is 0 Å². The highest BCUT2D eigenvalue weighted by molar-refractivity contribution is 8.14. The predicted octanol–water partition coefficient (Wildman–Crippen LogP) is 3.35. The Hall–Kier alpha value is -1.60. The van der Waals surface area contributed by atoms with Crippen LogP contribution in [0.3, 0.4) is 0 Å². The Balaban J connectivity index is 2.10. The minimum Gasteiger partial charge on any atom is -0.459 e. The van der Waals surface area contributed by atoms with Gasteiger partial charge in [0.1, 0.15) is 6.04 Å². The third-order valence-corrected chi connectivity index (χ3v) is 5.46. The summed E-state index contributed by atoms with van der Waals surface area (Å²) in [6, 6.07) is 3.43. The van der Waals surface area contributed by atoms with Gasteiger partial charge in [-0.2, -0.15) is 0 Å². The summed E-state index contributed by atoms with van der Waals surface area (Å²) in [5.41, 5.74) is 1.09. The van der Waals surface area contributed by atoms with Crippen molar-refractivity contribution in [3.8, 4) is 0 Å². The van der Waals surface area contributed by atoms with Crippen molar-refractivity contribution in [1.29, 1.82) is 0 Å². The lowest BCUT2D eigenvalue weighted by Gasteiger charge is -2.38. The zero-order valence-electron chi connectivity index (χ0n) is 13.2. The number of amidine groups is 1. The third kappa shape index (κ3) is 3.07. The van der Waals surface area contributed by atoms with Crippen LogP contribution in [0.25, 0.3) is 0 Å². The summed E-state index contributed by atoms with van der Waals surface area (Å²) >= 11 is 3.09. The zero-order valence-corrected chi connectivity index (χ0v) is 14.9. The molecule has 3 rings (SSSR count). The first kappa shape index (κ1) is 16.3. The molecule has 0 aromatic carbocycles. The Morgan fingerprint density at radius 3 is 2.91 bits per heavy atom. The first-order valence-electron chi connectivity index (χ1n) is 7.47. The molecule has 0 unspecified atom stereocenters. The molecule has 0 saturated carbocycles. The quantitative estimate of drug-likeness (QED) is 0.785. The first-order valence-corrected chi connectivity index (χ1v) is 9.34. The van der Waals surface area contributed by atoms with Gasteiger partial charge in [0.25, 0.3) is 0 Å². The molecule has 1 saturated heterocycles. The van der Waals surface area contributed by atoms with Gasteiger partial charge in [-0.3, -0.25) is 9.69 Å². The minimum atomic E-state index is -0.436. The van der Waals surface area contributed by atoms with Crippen LogP contribution >= 0.6 is 23.1 Å². The predicted molar refractivity (Wildman–Crippen MR) is 92.3 cm³/mol. The van der Waals surface area contributed by atoms with Crippen LogP contribution in [0.2, 0.25) is 0 Å². The van der Waals surface area contributed by atoms with E-state index in [1.807, 2.05) is 38.3 Å². The van der Waals surface area contributed by atoms with Crippen LogP contribution in [-0.4, -0.2) is 33.8 Å². The second-order valence-corrected chi connectivity index (χ2v) is 7.67. The van der Waals surface area contributed by atoms with Crippen molar-refractivity contribution in [2.45, 2.75) is 39.3 Å². The molecule has 0 bridgehead atoms. The number of hydrogen-bond donors (Lipinski definition) is 0. The Kier molecular flexibility index (Phi) is 4.59. The number of aliphatic imine (C=N–C) groups is 1. The molecule has 1 aromatic heterocycles. The highest BCUT2D eigenvalue weighted by Crippen LogP contribution is 2.41. The summed E-state index contributed by atoms with van der Waals surface area (Å²) in [6.45, 7) is 5.43. The molecule has 2 aliphatic rings. The van der Waals surface area contributed by atoms with Crippen molar-refractivity contribution in [2.24, 2.45) is 4.99 Å². The van der Waals surface area contributed by atoms with Gasteiger partial charge in [-0.25, -0.2) is 9.79 Å². The molecule has 1 aromatic rings. The maximum absolute atomic E-state index is 12.6. The number of fused-ring (bicyclic) bond motifs is 1. The Labute approximate surface area is 143 Å². The number of thioether (sulfide) groups is 1. The van der Waals surface area contributed by atoms with Gasteiger partial charge in [-0.15, -0.1) is 11.3 Å². The van der Waals surface area contributed by atoms with Gasteiger partial charge in [0.2, 0.25) is 5.91 Å². The molecule has 0 radical (unpaired) electrons. The molecule has 1 atom stereocenters. The van der Waals surface area contributed by atoms with E-state index in [1.165, 1.54) is 11.3 Å². The second kappa shape index (κ2) is 6.49. The van der Waals surface area contributed by atoms with E-state index < -0.39 is 12.0 Å². The Bertz CT molecular complexity index is 692. The number of nitrogens with zero attached hydrogens (tertiary/aromatic N) is 2. The number of carbonyl (C=O) groups is 2. The molecule has 2 aliphatic heterocycles. The van der Waals surface area contributed by atoms with Crippen LogP contribution in [0.1, 0.15) is 38.1 Å². The largest absolute Gasteiger partial charge is 0.459 e. The fourth-order valence-electron chi connectivity index (χ4n) is 2.65. The van der Waals surface area contributed by atoms with Crippen LogP contribution in [0.5, 0.6) is 0 Å². The maximum atomic E-state index is 12.6. The molecule has 0 aliphatic carbocycles. The number of rotatable bonds is 3. The molecular formula is C16H18N2O3S2. The highest BCUT2D eigenvalue weighted by atomic mass is 32.2. The molecule has 23 heavy (non-hydrogen) atoms.